The molecule has 11 rings (SSSR count). The van der Waals surface area contributed by atoms with Crippen LogP contribution in [0.15, 0.2) is 206 Å². The fourth-order valence-electron chi connectivity index (χ4n) is 9.36. The van der Waals surface area contributed by atoms with Crippen molar-refractivity contribution in [2.24, 2.45) is 0 Å². The van der Waals surface area contributed by atoms with Crippen LogP contribution in [-0.2, 0) is 5.41 Å². The van der Waals surface area contributed by atoms with Gasteiger partial charge < -0.3 is 0 Å². The summed E-state index contributed by atoms with van der Waals surface area (Å²) in [5, 5.41) is 4.94. The third kappa shape index (κ3) is 5.87. The molecule has 0 saturated carbocycles. The minimum absolute atomic E-state index is 0.0622. The van der Waals surface area contributed by atoms with E-state index in [1.807, 2.05) is 18.2 Å². The van der Waals surface area contributed by atoms with Crippen LogP contribution in [0.1, 0.15) is 25.0 Å². The number of fused-ring (bicyclic) bond motifs is 6. The third-order valence-corrected chi connectivity index (χ3v) is 12.3. The number of benzene rings is 9. The van der Waals surface area contributed by atoms with Crippen LogP contribution >= 0.6 is 0 Å². The first-order valence-electron chi connectivity index (χ1n) is 20.4. The Bertz CT molecular complexity index is 3230. The van der Waals surface area contributed by atoms with Gasteiger partial charge in [0.25, 0.3) is 0 Å². The van der Waals surface area contributed by atoms with Gasteiger partial charge >= 0.3 is 0 Å². The largest absolute Gasteiger partial charge is 0.228 e. The number of nitrogens with zero attached hydrogens (tertiary/aromatic N) is 2. The molecular weight excluding hydrogens is 713 g/mol. The lowest BCUT2D eigenvalue weighted by Gasteiger charge is -2.21. The Labute approximate surface area is 345 Å². The highest BCUT2D eigenvalue weighted by Gasteiger charge is 2.36. The van der Waals surface area contributed by atoms with E-state index in [4.69, 9.17) is 9.97 Å². The van der Waals surface area contributed by atoms with Gasteiger partial charge in [0.1, 0.15) is 0 Å². The molecule has 0 N–H and O–H groups in total. The molecule has 1 aliphatic rings. The molecule has 2 nitrogen and oxygen atoms in total. The summed E-state index contributed by atoms with van der Waals surface area (Å²) >= 11 is 0. The molecule has 0 atom stereocenters. The summed E-state index contributed by atoms with van der Waals surface area (Å²) < 4.78 is 0. The molecule has 278 valence electrons. The summed E-state index contributed by atoms with van der Waals surface area (Å²) in [4.78, 5) is 10.5. The van der Waals surface area contributed by atoms with E-state index in [0.29, 0.717) is 5.82 Å². The number of rotatable bonds is 6. The molecule has 0 radical (unpaired) electrons. The zero-order valence-corrected chi connectivity index (χ0v) is 33.0. The normalized spacial score (nSPS) is 12.7. The second-order valence-corrected chi connectivity index (χ2v) is 16.1. The lowest BCUT2D eigenvalue weighted by Crippen LogP contribution is -2.14. The van der Waals surface area contributed by atoms with Crippen molar-refractivity contribution < 1.29 is 0 Å². The van der Waals surface area contributed by atoms with Gasteiger partial charge in [-0.25, -0.2) is 9.97 Å². The van der Waals surface area contributed by atoms with Crippen LogP contribution in [0.4, 0.5) is 0 Å². The van der Waals surface area contributed by atoms with E-state index in [0.717, 1.165) is 44.6 Å². The van der Waals surface area contributed by atoms with Gasteiger partial charge in [0.2, 0.25) is 0 Å². The Hall–Kier alpha value is -7.42. The van der Waals surface area contributed by atoms with Crippen molar-refractivity contribution in [3.8, 4) is 78.4 Å². The topological polar surface area (TPSA) is 25.8 Å². The fourth-order valence-corrected chi connectivity index (χ4v) is 9.36. The summed E-state index contributed by atoms with van der Waals surface area (Å²) in [6, 6.07) is 74.3. The van der Waals surface area contributed by atoms with Gasteiger partial charge in [-0.15, -0.1) is 0 Å². The Morgan fingerprint density at radius 2 is 0.881 bits per heavy atom. The number of hydrogen-bond acceptors (Lipinski definition) is 2. The molecule has 1 heterocycles. The van der Waals surface area contributed by atoms with Crippen molar-refractivity contribution >= 4 is 21.5 Å². The molecule has 0 aliphatic heterocycles. The average molecular weight is 753 g/mol. The summed E-state index contributed by atoms with van der Waals surface area (Å²) in [6.07, 6.45) is 0. The Morgan fingerprint density at radius 1 is 0.322 bits per heavy atom. The zero-order chi connectivity index (χ0) is 39.5. The molecule has 0 bridgehead atoms. The van der Waals surface area contributed by atoms with Crippen molar-refractivity contribution in [2.75, 3.05) is 0 Å². The van der Waals surface area contributed by atoms with E-state index >= 15 is 0 Å². The Balaban J connectivity index is 1.04. The van der Waals surface area contributed by atoms with Gasteiger partial charge in [-0.2, -0.15) is 0 Å². The fraction of sp³-hybridized carbons (Fsp3) is 0.0526. The molecule has 0 amide bonds. The van der Waals surface area contributed by atoms with E-state index in [1.165, 1.54) is 60.7 Å². The molecule has 0 unspecified atom stereocenters. The zero-order valence-electron chi connectivity index (χ0n) is 33.0. The highest BCUT2D eigenvalue weighted by Crippen LogP contribution is 2.52. The number of hydrogen-bond donors (Lipinski definition) is 0. The Morgan fingerprint density at radius 3 is 1.66 bits per heavy atom. The molecule has 59 heavy (non-hydrogen) atoms. The Kier molecular flexibility index (Phi) is 8.20. The van der Waals surface area contributed by atoms with Crippen LogP contribution in [0.25, 0.3) is 100.0 Å². The molecule has 0 spiro atoms. The quantitative estimate of drug-likeness (QED) is 0.169. The maximum Gasteiger partial charge on any atom is 0.160 e. The highest BCUT2D eigenvalue weighted by molar-refractivity contribution is 6.06. The van der Waals surface area contributed by atoms with Crippen LogP contribution in [-0.4, -0.2) is 9.97 Å². The minimum atomic E-state index is -0.0622. The van der Waals surface area contributed by atoms with Crippen LogP contribution in [0.2, 0.25) is 0 Å². The monoisotopic (exact) mass is 752 g/mol. The maximum absolute atomic E-state index is 5.27. The first-order chi connectivity index (χ1) is 29.0. The van der Waals surface area contributed by atoms with E-state index < -0.39 is 0 Å². The molecular formula is C57H40N2. The molecule has 1 aliphatic carbocycles. The van der Waals surface area contributed by atoms with Crippen molar-refractivity contribution in [3.63, 3.8) is 0 Å². The van der Waals surface area contributed by atoms with E-state index in [-0.39, 0.29) is 5.41 Å². The predicted octanol–water partition coefficient (Wildman–Crippen LogP) is 15.1. The van der Waals surface area contributed by atoms with Gasteiger partial charge in [0, 0.05) is 22.1 Å². The minimum Gasteiger partial charge on any atom is -0.228 e. The van der Waals surface area contributed by atoms with Crippen molar-refractivity contribution in [1.29, 1.82) is 0 Å². The molecule has 9 aromatic carbocycles. The second kappa shape index (κ2) is 13.9. The van der Waals surface area contributed by atoms with Gasteiger partial charge in [0.05, 0.1) is 11.4 Å². The smallest absolute Gasteiger partial charge is 0.160 e. The summed E-state index contributed by atoms with van der Waals surface area (Å²) in [7, 11) is 0. The third-order valence-electron chi connectivity index (χ3n) is 12.3. The first kappa shape index (κ1) is 34.8. The summed E-state index contributed by atoms with van der Waals surface area (Å²) in [6.45, 7) is 4.71. The lowest BCUT2D eigenvalue weighted by atomic mass is 9.82. The van der Waals surface area contributed by atoms with E-state index in [9.17, 15) is 0 Å². The van der Waals surface area contributed by atoms with Crippen LogP contribution in [0.5, 0.6) is 0 Å². The van der Waals surface area contributed by atoms with E-state index in [1.54, 1.807) is 0 Å². The van der Waals surface area contributed by atoms with Crippen molar-refractivity contribution in [1.82, 2.24) is 9.97 Å². The van der Waals surface area contributed by atoms with Gasteiger partial charge in [0.15, 0.2) is 5.82 Å². The highest BCUT2D eigenvalue weighted by atomic mass is 14.9. The van der Waals surface area contributed by atoms with Crippen LogP contribution in [0.3, 0.4) is 0 Å². The average Bonchev–Trinajstić information content (AvgIpc) is 3.54. The first-order valence-corrected chi connectivity index (χ1v) is 20.4. The van der Waals surface area contributed by atoms with Gasteiger partial charge in [-0.3, -0.25) is 0 Å². The summed E-state index contributed by atoms with van der Waals surface area (Å²) in [5.41, 5.74) is 17.4. The van der Waals surface area contributed by atoms with Gasteiger partial charge in [-0.05, 0) is 95.4 Å². The number of aromatic nitrogens is 2. The predicted molar refractivity (Wildman–Crippen MR) is 247 cm³/mol. The molecule has 10 aromatic rings. The molecule has 1 aromatic heterocycles. The van der Waals surface area contributed by atoms with E-state index in [2.05, 4.69) is 202 Å². The standard InChI is InChI=1S/C57H40N2/c1-57(2)51-32-29-41(35-50(51)55-45-24-10-9-18-38(45)28-33-52(55)57)40-21-15-22-42(34-40)44-30-31-49(47-26-13-12-25-46(44)47)54-36-53(58-56(59-54)39-19-7-4-8-20-39)48-27-14-11-23-43(48)37-16-5-3-6-17-37/h3-36H,1-2H3. The maximum atomic E-state index is 5.27. The van der Waals surface area contributed by atoms with Crippen LogP contribution in [0, 0.1) is 0 Å². The van der Waals surface area contributed by atoms with Crippen molar-refractivity contribution in [2.45, 2.75) is 19.3 Å². The molecule has 2 heteroatoms. The lowest BCUT2D eigenvalue weighted by molar-refractivity contribution is 0.661. The molecule has 0 fully saturated rings. The van der Waals surface area contributed by atoms with Crippen molar-refractivity contribution in [3.05, 3.63) is 217 Å². The van der Waals surface area contributed by atoms with Gasteiger partial charge in [-0.1, -0.05) is 202 Å². The second-order valence-electron chi connectivity index (χ2n) is 16.1. The van der Waals surface area contributed by atoms with Crippen LogP contribution < -0.4 is 0 Å². The SMILES string of the molecule is CC1(C)c2ccc(-c3cccc(-c4ccc(-c5cc(-c6ccccc6-c6ccccc6)nc(-c6ccccc6)n5)c5ccccc45)c3)cc2-c2c1ccc1ccccc21. The summed E-state index contributed by atoms with van der Waals surface area (Å²) in [5.74, 6) is 0.704. The molecule has 0 saturated heterocycles.